The van der Waals surface area contributed by atoms with Crippen LogP contribution >= 0.6 is 11.5 Å². The Hall–Kier alpha value is -1.54. The van der Waals surface area contributed by atoms with Crippen LogP contribution in [0.15, 0.2) is 5.38 Å². The smallest absolute Gasteiger partial charge is 0.229 e. The maximum atomic E-state index is 5.21. The molecule has 2 aromatic rings. The van der Waals surface area contributed by atoms with Crippen LogP contribution in [-0.4, -0.2) is 43.6 Å². The molecule has 0 radical (unpaired) electrons. The first-order valence-corrected chi connectivity index (χ1v) is 7.19. The summed E-state index contributed by atoms with van der Waals surface area (Å²) >= 11 is 1.40. The summed E-state index contributed by atoms with van der Waals surface area (Å²) in [5.41, 5.74) is 0.924. The van der Waals surface area contributed by atoms with Gasteiger partial charge in [0, 0.05) is 17.5 Å². The van der Waals surface area contributed by atoms with Crippen molar-refractivity contribution in [3.05, 3.63) is 16.8 Å². The van der Waals surface area contributed by atoms with Gasteiger partial charge in [0.1, 0.15) is 0 Å². The summed E-state index contributed by atoms with van der Waals surface area (Å²) in [6.45, 7) is 7.51. The molecular formula is C12H20N6OS. The first kappa shape index (κ1) is 14.9. The molecule has 0 amide bonds. The summed E-state index contributed by atoms with van der Waals surface area (Å²) in [4.78, 5) is 3.75. The molecule has 0 unspecified atom stereocenters. The molecule has 8 heteroatoms. The van der Waals surface area contributed by atoms with Crippen LogP contribution in [0.2, 0.25) is 0 Å². The minimum atomic E-state index is -0.148. The van der Waals surface area contributed by atoms with Crippen molar-refractivity contribution in [2.45, 2.75) is 39.4 Å². The summed E-state index contributed by atoms with van der Waals surface area (Å²) in [7, 11) is 3.64. The fourth-order valence-corrected chi connectivity index (χ4v) is 2.34. The van der Waals surface area contributed by atoms with Gasteiger partial charge in [-0.1, -0.05) is 0 Å². The Morgan fingerprint density at radius 1 is 1.35 bits per heavy atom. The third-order valence-corrected chi connectivity index (χ3v) is 3.37. The van der Waals surface area contributed by atoms with Crippen molar-refractivity contribution in [2.75, 3.05) is 14.2 Å². The van der Waals surface area contributed by atoms with Gasteiger partial charge in [0.15, 0.2) is 5.82 Å². The number of ether oxygens (including phenoxy) is 1. The van der Waals surface area contributed by atoms with Gasteiger partial charge in [-0.15, -0.1) is 10.2 Å². The van der Waals surface area contributed by atoms with Crippen molar-refractivity contribution in [1.82, 2.24) is 29.5 Å². The summed E-state index contributed by atoms with van der Waals surface area (Å²) < 4.78 is 9.39. The topological polar surface area (TPSA) is 69.0 Å². The highest BCUT2D eigenvalue weighted by molar-refractivity contribution is 7.03. The molecule has 7 nitrogen and oxygen atoms in total. The molecule has 0 atom stereocenters. The van der Waals surface area contributed by atoms with E-state index in [2.05, 4.69) is 24.7 Å². The molecular weight excluding hydrogens is 276 g/mol. The van der Waals surface area contributed by atoms with E-state index >= 15 is 0 Å². The van der Waals surface area contributed by atoms with Gasteiger partial charge in [0.2, 0.25) is 5.88 Å². The van der Waals surface area contributed by atoms with Crippen LogP contribution in [0.1, 0.15) is 32.2 Å². The van der Waals surface area contributed by atoms with E-state index in [9.17, 15) is 0 Å². The van der Waals surface area contributed by atoms with Crippen LogP contribution in [0, 0.1) is 0 Å². The van der Waals surface area contributed by atoms with Crippen molar-refractivity contribution in [2.24, 2.45) is 0 Å². The number of hydrogen-bond acceptors (Lipinski definition) is 7. The molecule has 20 heavy (non-hydrogen) atoms. The van der Waals surface area contributed by atoms with Crippen LogP contribution in [0.4, 0.5) is 0 Å². The molecule has 2 heterocycles. The molecule has 110 valence electrons. The first-order valence-electron chi connectivity index (χ1n) is 6.35. The molecule has 0 aromatic carbocycles. The molecule has 0 fully saturated rings. The van der Waals surface area contributed by atoms with Crippen LogP contribution in [0.5, 0.6) is 5.88 Å². The second-order valence-corrected chi connectivity index (χ2v) is 6.32. The Kier molecular flexibility index (Phi) is 4.34. The van der Waals surface area contributed by atoms with Crippen molar-refractivity contribution in [3.8, 4) is 5.88 Å². The lowest BCUT2D eigenvalue weighted by Gasteiger charge is -2.16. The largest absolute Gasteiger partial charge is 0.480 e. The van der Waals surface area contributed by atoms with E-state index in [4.69, 9.17) is 4.74 Å². The summed E-state index contributed by atoms with van der Waals surface area (Å²) in [6.07, 6.45) is 0. The van der Waals surface area contributed by atoms with Gasteiger partial charge in [-0.05, 0) is 44.6 Å². The molecule has 2 aromatic heterocycles. The molecule has 0 aliphatic rings. The van der Waals surface area contributed by atoms with E-state index in [0.29, 0.717) is 18.2 Å². The SMILES string of the molecule is COc1nscc1CN(C)Cc1nnn(C(C)(C)C)n1. The van der Waals surface area contributed by atoms with E-state index in [1.54, 1.807) is 11.9 Å². The molecule has 0 aliphatic heterocycles. The van der Waals surface area contributed by atoms with Gasteiger partial charge >= 0.3 is 0 Å². The zero-order chi connectivity index (χ0) is 14.8. The normalized spacial score (nSPS) is 12.1. The second-order valence-electron chi connectivity index (χ2n) is 5.69. The fraction of sp³-hybridized carbons (Fsp3) is 0.667. The standard InChI is InChI=1S/C12H20N6OS/c1-12(2,3)18-14-10(13-16-18)7-17(4)6-9-8-20-15-11(9)19-5/h8H,6-7H2,1-5H3. The van der Waals surface area contributed by atoms with Gasteiger partial charge in [0.25, 0.3) is 0 Å². The van der Waals surface area contributed by atoms with E-state index in [1.165, 1.54) is 11.5 Å². The zero-order valence-electron chi connectivity index (χ0n) is 12.5. The number of rotatable bonds is 5. The van der Waals surface area contributed by atoms with E-state index < -0.39 is 0 Å². The van der Waals surface area contributed by atoms with Crippen molar-refractivity contribution in [3.63, 3.8) is 0 Å². The second kappa shape index (κ2) is 5.84. The Morgan fingerprint density at radius 2 is 2.10 bits per heavy atom. The minimum Gasteiger partial charge on any atom is -0.480 e. The molecule has 0 spiro atoms. The predicted octanol–water partition coefficient (Wildman–Crippen LogP) is 1.53. The van der Waals surface area contributed by atoms with Gasteiger partial charge in [-0.3, -0.25) is 4.90 Å². The van der Waals surface area contributed by atoms with E-state index in [1.807, 2.05) is 33.2 Å². The van der Waals surface area contributed by atoms with Crippen LogP contribution in [0.3, 0.4) is 0 Å². The van der Waals surface area contributed by atoms with Crippen molar-refractivity contribution in [1.29, 1.82) is 0 Å². The van der Waals surface area contributed by atoms with Crippen LogP contribution in [0.25, 0.3) is 0 Å². The summed E-state index contributed by atoms with van der Waals surface area (Å²) in [5.74, 6) is 1.40. The Morgan fingerprint density at radius 3 is 2.70 bits per heavy atom. The van der Waals surface area contributed by atoms with Crippen molar-refractivity contribution >= 4 is 11.5 Å². The quantitative estimate of drug-likeness (QED) is 0.833. The highest BCUT2D eigenvalue weighted by Gasteiger charge is 2.18. The first-order chi connectivity index (χ1) is 9.40. The maximum absolute atomic E-state index is 5.21. The Bertz CT molecular complexity index is 558. The maximum Gasteiger partial charge on any atom is 0.229 e. The molecule has 0 aliphatic carbocycles. The molecule has 0 bridgehead atoms. The number of tetrazole rings is 1. The van der Waals surface area contributed by atoms with Crippen LogP contribution in [-0.2, 0) is 18.6 Å². The third-order valence-electron chi connectivity index (χ3n) is 2.71. The Balaban J connectivity index is 1.98. The van der Waals surface area contributed by atoms with E-state index in [0.717, 1.165) is 12.1 Å². The molecule has 0 saturated carbocycles. The highest BCUT2D eigenvalue weighted by atomic mass is 32.1. The summed E-state index contributed by atoms with van der Waals surface area (Å²) in [5, 5.41) is 14.6. The highest BCUT2D eigenvalue weighted by Crippen LogP contribution is 2.20. The molecule has 0 N–H and O–H groups in total. The zero-order valence-corrected chi connectivity index (χ0v) is 13.3. The fourth-order valence-electron chi connectivity index (χ4n) is 1.70. The third kappa shape index (κ3) is 3.51. The average molecular weight is 296 g/mol. The van der Waals surface area contributed by atoms with Crippen molar-refractivity contribution < 1.29 is 4.74 Å². The number of nitrogens with zero attached hydrogens (tertiary/aromatic N) is 6. The summed E-state index contributed by atoms with van der Waals surface area (Å²) in [6, 6.07) is 0. The number of methoxy groups -OCH3 is 1. The number of hydrogen-bond donors (Lipinski definition) is 0. The van der Waals surface area contributed by atoms with Crippen LogP contribution < -0.4 is 4.74 Å². The average Bonchev–Trinajstić information content (AvgIpc) is 2.97. The molecule has 2 rings (SSSR count). The lowest BCUT2D eigenvalue weighted by molar-refractivity contribution is 0.290. The van der Waals surface area contributed by atoms with E-state index in [-0.39, 0.29) is 5.54 Å². The minimum absolute atomic E-state index is 0.148. The lowest BCUT2D eigenvalue weighted by atomic mass is 10.1. The lowest BCUT2D eigenvalue weighted by Crippen LogP contribution is -2.25. The predicted molar refractivity (Wildman–Crippen MR) is 76.7 cm³/mol. The Labute approximate surface area is 122 Å². The molecule has 0 saturated heterocycles. The van der Waals surface area contributed by atoms with Gasteiger partial charge in [-0.25, -0.2) is 0 Å². The van der Waals surface area contributed by atoms with Gasteiger partial charge < -0.3 is 4.74 Å². The van der Waals surface area contributed by atoms with Gasteiger partial charge in [0.05, 0.1) is 19.2 Å². The number of aromatic nitrogens is 5. The van der Waals surface area contributed by atoms with Gasteiger partial charge in [-0.2, -0.15) is 9.17 Å². The monoisotopic (exact) mass is 296 g/mol.